The molecule has 0 bridgehead atoms. The van der Waals surface area contributed by atoms with E-state index in [1.807, 2.05) is 19.9 Å². The Morgan fingerprint density at radius 1 is 1.39 bits per heavy atom. The van der Waals surface area contributed by atoms with Crippen LogP contribution in [0, 0.1) is 16.7 Å². The van der Waals surface area contributed by atoms with Gasteiger partial charge in [-0.2, -0.15) is 5.26 Å². The largest absolute Gasteiger partial charge is 0.496 e. The van der Waals surface area contributed by atoms with Crippen LogP contribution in [0.5, 0.6) is 5.75 Å². The second-order valence-corrected chi connectivity index (χ2v) is 5.10. The molecular formula is C15H22N2O. The first-order valence-corrected chi connectivity index (χ1v) is 6.30. The van der Waals surface area contributed by atoms with Crippen LogP contribution >= 0.6 is 0 Å². The van der Waals surface area contributed by atoms with Crippen molar-refractivity contribution in [2.24, 2.45) is 5.41 Å². The number of hydrogen-bond donors (Lipinski definition) is 1. The molecule has 0 aliphatic carbocycles. The number of nitriles is 1. The van der Waals surface area contributed by atoms with E-state index in [0.717, 1.165) is 24.3 Å². The van der Waals surface area contributed by atoms with Crippen LogP contribution in [0.4, 0.5) is 0 Å². The van der Waals surface area contributed by atoms with Crippen LogP contribution in [0.15, 0.2) is 18.2 Å². The second-order valence-electron chi connectivity index (χ2n) is 5.10. The number of benzene rings is 1. The van der Waals surface area contributed by atoms with E-state index in [0.29, 0.717) is 6.54 Å². The number of hydrogen-bond acceptors (Lipinski definition) is 3. The normalized spacial score (nSPS) is 11.1. The van der Waals surface area contributed by atoms with Crippen molar-refractivity contribution in [2.45, 2.75) is 33.7 Å². The Kier molecular flexibility index (Phi) is 5.18. The molecule has 18 heavy (non-hydrogen) atoms. The van der Waals surface area contributed by atoms with Gasteiger partial charge in [0.25, 0.3) is 0 Å². The van der Waals surface area contributed by atoms with Crippen molar-refractivity contribution >= 4 is 0 Å². The average molecular weight is 246 g/mol. The van der Waals surface area contributed by atoms with Gasteiger partial charge in [-0.15, -0.1) is 0 Å². The molecule has 0 saturated heterocycles. The molecule has 0 aliphatic rings. The van der Waals surface area contributed by atoms with Gasteiger partial charge in [-0.1, -0.05) is 19.1 Å². The number of aryl methyl sites for hydroxylation is 1. The zero-order valence-electron chi connectivity index (χ0n) is 11.7. The molecule has 0 fully saturated rings. The maximum Gasteiger partial charge on any atom is 0.123 e. The lowest BCUT2D eigenvalue weighted by Gasteiger charge is -2.17. The third kappa shape index (κ3) is 4.05. The lowest BCUT2D eigenvalue weighted by molar-refractivity contribution is 0.401. The van der Waals surface area contributed by atoms with Gasteiger partial charge in [-0.25, -0.2) is 0 Å². The van der Waals surface area contributed by atoms with Gasteiger partial charge in [0.15, 0.2) is 0 Å². The van der Waals surface area contributed by atoms with Crippen LogP contribution in [0.3, 0.4) is 0 Å². The first-order chi connectivity index (χ1) is 8.52. The number of nitrogens with zero attached hydrogens (tertiary/aromatic N) is 1. The van der Waals surface area contributed by atoms with Crippen molar-refractivity contribution in [3.05, 3.63) is 29.3 Å². The van der Waals surface area contributed by atoms with E-state index in [1.54, 1.807) is 7.11 Å². The molecule has 3 heteroatoms. The highest BCUT2D eigenvalue weighted by molar-refractivity contribution is 5.37. The van der Waals surface area contributed by atoms with Crippen molar-refractivity contribution in [1.82, 2.24) is 5.32 Å². The highest BCUT2D eigenvalue weighted by atomic mass is 16.5. The average Bonchev–Trinajstić information content (AvgIpc) is 2.38. The van der Waals surface area contributed by atoms with Gasteiger partial charge in [-0.05, 0) is 31.9 Å². The standard InChI is InChI=1S/C15H22N2O/c1-5-12-6-7-14(18-4)13(8-12)9-17-11-15(2,3)10-16/h6-8,17H,5,9,11H2,1-4H3. The van der Waals surface area contributed by atoms with Gasteiger partial charge in [0.05, 0.1) is 18.6 Å². The van der Waals surface area contributed by atoms with Gasteiger partial charge in [-0.3, -0.25) is 0 Å². The van der Waals surface area contributed by atoms with E-state index < -0.39 is 0 Å². The van der Waals surface area contributed by atoms with E-state index in [2.05, 4.69) is 30.4 Å². The molecule has 0 aromatic heterocycles. The van der Waals surface area contributed by atoms with Gasteiger partial charge in [0.1, 0.15) is 5.75 Å². The molecular weight excluding hydrogens is 224 g/mol. The molecule has 3 nitrogen and oxygen atoms in total. The molecule has 98 valence electrons. The zero-order chi connectivity index (χ0) is 13.6. The summed E-state index contributed by atoms with van der Waals surface area (Å²) >= 11 is 0. The van der Waals surface area contributed by atoms with Gasteiger partial charge in [0, 0.05) is 18.7 Å². The van der Waals surface area contributed by atoms with Gasteiger partial charge >= 0.3 is 0 Å². The molecule has 0 aliphatic heterocycles. The molecule has 1 aromatic rings. The number of methoxy groups -OCH3 is 1. The highest BCUT2D eigenvalue weighted by Gasteiger charge is 2.16. The van der Waals surface area contributed by atoms with Crippen LogP contribution in [-0.2, 0) is 13.0 Å². The first kappa shape index (κ1) is 14.5. The molecule has 0 unspecified atom stereocenters. The molecule has 1 aromatic carbocycles. The number of ether oxygens (including phenoxy) is 1. The van der Waals surface area contributed by atoms with E-state index in [-0.39, 0.29) is 5.41 Å². The Bertz CT molecular complexity index is 433. The summed E-state index contributed by atoms with van der Waals surface area (Å²) in [7, 11) is 1.68. The fourth-order valence-corrected chi connectivity index (χ4v) is 1.74. The minimum atomic E-state index is -0.338. The maximum absolute atomic E-state index is 8.96. The fourth-order valence-electron chi connectivity index (χ4n) is 1.74. The minimum absolute atomic E-state index is 0.338. The minimum Gasteiger partial charge on any atom is -0.496 e. The first-order valence-electron chi connectivity index (χ1n) is 6.30. The zero-order valence-corrected chi connectivity index (χ0v) is 11.7. The van der Waals surface area contributed by atoms with Crippen LogP contribution in [0.2, 0.25) is 0 Å². The topological polar surface area (TPSA) is 45.0 Å². The quantitative estimate of drug-likeness (QED) is 0.839. The Labute approximate surface area is 110 Å². The third-order valence-electron chi connectivity index (χ3n) is 2.94. The smallest absolute Gasteiger partial charge is 0.123 e. The summed E-state index contributed by atoms with van der Waals surface area (Å²) in [4.78, 5) is 0. The van der Waals surface area contributed by atoms with Crippen LogP contribution in [0.1, 0.15) is 31.9 Å². The molecule has 0 spiro atoms. The van der Waals surface area contributed by atoms with Crippen molar-refractivity contribution in [3.63, 3.8) is 0 Å². The summed E-state index contributed by atoms with van der Waals surface area (Å²) in [5.41, 5.74) is 2.10. The maximum atomic E-state index is 8.96. The van der Waals surface area contributed by atoms with Gasteiger partial charge < -0.3 is 10.1 Å². The number of nitrogens with one attached hydrogen (secondary N) is 1. The molecule has 0 atom stereocenters. The van der Waals surface area contributed by atoms with Crippen LogP contribution in [0.25, 0.3) is 0 Å². The lowest BCUT2D eigenvalue weighted by Crippen LogP contribution is -2.27. The molecule has 0 saturated carbocycles. The van der Waals surface area contributed by atoms with Crippen LogP contribution < -0.4 is 10.1 Å². The Hall–Kier alpha value is -1.53. The summed E-state index contributed by atoms with van der Waals surface area (Å²) in [5.74, 6) is 0.898. The summed E-state index contributed by atoms with van der Waals surface area (Å²) < 4.78 is 5.35. The second kappa shape index (κ2) is 6.42. The third-order valence-corrected chi connectivity index (χ3v) is 2.94. The van der Waals surface area contributed by atoms with Crippen molar-refractivity contribution in [2.75, 3.05) is 13.7 Å². The summed E-state index contributed by atoms with van der Waals surface area (Å²) in [6.45, 7) is 7.39. The molecule has 1 rings (SSSR count). The van der Waals surface area contributed by atoms with E-state index in [1.165, 1.54) is 5.56 Å². The Balaban J connectivity index is 2.69. The van der Waals surface area contributed by atoms with Crippen molar-refractivity contribution in [1.29, 1.82) is 5.26 Å². The Morgan fingerprint density at radius 2 is 2.11 bits per heavy atom. The predicted octanol–water partition coefficient (Wildman–Crippen LogP) is 2.90. The van der Waals surface area contributed by atoms with Crippen LogP contribution in [-0.4, -0.2) is 13.7 Å². The molecule has 0 amide bonds. The van der Waals surface area contributed by atoms with Crippen molar-refractivity contribution < 1.29 is 4.74 Å². The predicted molar refractivity (Wildman–Crippen MR) is 73.5 cm³/mol. The van der Waals surface area contributed by atoms with Gasteiger partial charge in [0.2, 0.25) is 0 Å². The molecule has 0 radical (unpaired) electrons. The van der Waals surface area contributed by atoms with E-state index in [4.69, 9.17) is 10.00 Å². The fraction of sp³-hybridized carbons (Fsp3) is 0.533. The van der Waals surface area contributed by atoms with E-state index in [9.17, 15) is 0 Å². The highest BCUT2D eigenvalue weighted by Crippen LogP contribution is 2.20. The SMILES string of the molecule is CCc1ccc(OC)c(CNCC(C)(C)C#N)c1. The van der Waals surface area contributed by atoms with Crippen molar-refractivity contribution in [3.8, 4) is 11.8 Å². The lowest BCUT2D eigenvalue weighted by atomic mass is 9.96. The number of rotatable bonds is 6. The molecule has 0 heterocycles. The Morgan fingerprint density at radius 3 is 2.67 bits per heavy atom. The summed E-state index contributed by atoms with van der Waals surface area (Å²) in [6.07, 6.45) is 1.01. The molecule has 1 N–H and O–H groups in total. The monoisotopic (exact) mass is 246 g/mol. The summed E-state index contributed by atoms with van der Waals surface area (Å²) in [6, 6.07) is 8.53. The summed E-state index contributed by atoms with van der Waals surface area (Å²) in [5, 5.41) is 12.3. The van der Waals surface area contributed by atoms with E-state index >= 15 is 0 Å².